The van der Waals surface area contributed by atoms with Gasteiger partial charge in [0, 0.05) is 8.95 Å². The first-order valence-corrected chi connectivity index (χ1v) is 11.5. The molecule has 0 saturated heterocycles. The summed E-state index contributed by atoms with van der Waals surface area (Å²) in [5.74, 6) is -2.29. The molecule has 3 N–H and O–H groups in total. The SMILES string of the molecule is O=c1oc2ccc(Br)cc2c(O)c1C(c1cccc(O)c1)c1c(O)c2cc(Br)ccc2oc1=O. The van der Waals surface area contributed by atoms with Crippen molar-refractivity contribution in [2.75, 3.05) is 0 Å². The number of rotatable bonds is 3. The molecule has 0 spiro atoms. The maximum Gasteiger partial charge on any atom is 0.344 e. The van der Waals surface area contributed by atoms with E-state index >= 15 is 0 Å². The standard InChI is InChI=1S/C25H14Br2O7/c26-12-4-6-17-15(9-12)22(29)20(24(31)33-17)19(11-2-1-3-14(28)8-11)21-23(30)16-10-13(27)5-7-18(16)34-25(21)32/h1-10,19,28-30H. The van der Waals surface area contributed by atoms with Crippen molar-refractivity contribution >= 4 is 53.8 Å². The Kier molecular flexibility index (Phi) is 5.45. The Bertz CT molecular complexity index is 1610. The minimum Gasteiger partial charge on any atom is -0.508 e. The Labute approximate surface area is 207 Å². The number of aromatic hydroxyl groups is 3. The zero-order valence-corrected chi connectivity index (χ0v) is 20.3. The third-order valence-electron chi connectivity index (χ3n) is 5.53. The summed E-state index contributed by atoms with van der Waals surface area (Å²) in [6.07, 6.45) is 0. The van der Waals surface area contributed by atoms with E-state index in [4.69, 9.17) is 8.83 Å². The number of halogens is 2. The molecular formula is C25H14Br2O7. The predicted octanol–water partition coefficient (Wildman–Crippen LogP) is 5.72. The molecule has 2 aromatic heterocycles. The van der Waals surface area contributed by atoms with Gasteiger partial charge in [-0.15, -0.1) is 0 Å². The number of benzene rings is 3. The number of hydrogen-bond donors (Lipinski definition) is 3. The molecule has 0 fully saturated rings. The van der Waals surface area contributed by atoms with E-state index in [-0.39, 0.29) is 44.4 Å². The molecule has 170 valence electrons. The largest absolute Gasteiger partial charge is 0.508 e. The van der Waals surface area contributed by atoms with Gasteiger partial charge in [-0.25, -0.2) is 9.59 Å². The van der Waals surface area contributed by atoms with Crippen molar-refractivity contribution in [3.63, 3.8) is 0 Å². The van der Waals surface area contributed by atoms with Crippen LogP contribution in [0, 0.1) is 0 Å². The lowest BCUT2D eigenvalue weighted by atomic mass is 9.84. The van der Waals surface area contributed by atoms with Crippen LogP contribution in [0.3, 0.4) is 0 Å². The van der Waals surface area contributed by atoms with E-state index < -0.39 is 28.7 Å². The highest BCUT2D eigenvalue weighted by Gasteiger charge is 2.32. The second-order valence-electron chi connectivity index (χ2n) is 7.61. The van der Waals surface area contributed by atoms with E-state index in [0.29, 0.717) is 8.95 Å². The topological polar surface area (TPSA) is 121 Å². The van der Waals surface area contributed by atoms with Crippen molar-refractivity contribution < 1.29 is 24.2 Å². The molecule has 3 aromatic carbocycles. The molecule has 0 saturated carbocycles. The number of fused-ring (bicyclic) bond motifs is 2. The molecule has 5 rings (SSSR count). The summed E-state index contributed by atoms with van der Waals surface area (Å²) in [5, 5.41) is 32.9. The summed E-state index contributed by atoms with van der Waals surface area (Å²) in [6, 6.07) is 15.3. The van der Waals surface area contributed by atoms with Gasteiger partial charge in [-0.2, -0.15) is 0 Å². The van der Waals surface area contributed by atoms with Gasteiger partial charge in [-0.05, 0) is 54.1 Å². The lowest BCUT2D eigenvalue weighted by Crippen LogP contribution is -2.21. The third kappa shape index (κ3) is 3.66. The number of phenolic OH excluding ortho intramolecular Hbond substituents is 1. The van der Waals surface area contributed by atoms with Gasteiger partial charge in [-0.3, -0.25) is 0 Å². The molecule has 5 aromatic rings. The number of hydrogen-bond acceptors (Lipinski definition) is 7. The highest BCUT2D eigenvalue weighted by atomic mass is 79.9. The fraction of sp³-hybridized carbons (Fsp3) is 0.0400. The first-order chi connectivity index (χ1) is 16.2. The van der Waals surface area contributed by atoms with Gasteiger partial charge in [-0.1, -0.05) is 44.0 Å². The van der Waals surface area contributed by atoms with E-state index in [1.165, 1.54) is 30.3 Å². The normalized spacial score (nSPS) is 11.5. The first-order valence-electron chi connectivity index (χ1n) is 9.94. The summed E-state index contributed by atoms with van der Waals surface area (Å²) in [4.78, 5) is 26.3. The second-order valence-corrected chi connectivity index (χ2v) is 9.44. The summed E-state index contributed by atoms with van der Waals surface area (Å²) < 4.78 is 12.2. The Morgan fingerprint density at radius 2 is 1.18 bits per heavy atom. The molecule has 2 heterocycles. The van der Waals surface area contributed by atoms with Gasteiger partial charge in [0.1, 0.15) is 28.4 Å². The van der Waals surface area contributed by atoms with Crippen LogP contribution in [0.4, 0.5) is 0 Å². The van der Waals surface area contributed by atoms with Gasteiger partial charge in [0.15, 0.2) is 0 Å². The summed E-state index contributed by atoms with van der Waals surface area (Å²) in [7, 11) is 0. The Morgan fingerprint density at radius 1 is 0.676 bits per heavy atom. The summed E-state index contributed by atoms with van der Waals surface area (Å²) in [5.41, 5.74) is -1.84. The molecule has 0 bridgehead atoms. The Balaban J connectivity index is 1.93. The zero-order valence-electron chi connectivity index (χ0n) is 17.1. The van der Waals surface area contributed by atoms with E-state index in [9.17, 15) is 24.9 Å². The van der Waals surface area contributed by atoms with Crippen LogP contribution in [0.15, 0.2) is 88.0 Å². The first kappa shape index (κ1) is 22.2. The van der Waals surface area contributed by atoms with Crippen LogP contribution in [0.2, 0.25) is 0 Å². The molecule has 0 radical (unpaired) electrons. The summed E-state index contributed by atoms with van der Waals surface area (Å²) in [6.45, 7) is 0. The van der Waals surface area contributed by atoms with Crippen LogP contribution in [-0.2, 0) is 0 Å². The van der Waals surface area contributed by atoms with E-state index in [1.54, 1.807) is 30.3 Å². The van der Waals surface area contributed by atoms with Gasteiger partial charge in [0.25, 0.3) is 0 Å². The third-order valence-corrected chi connectivity index (χ3v) is 6.52. The van der Waals surface area contributed by atoms with Crippen molar-refractivity contribution in [2.45, 2.75) is 5.92 Å². The van der Waals surface area contributed by atoms with Crippen LogP contribution in [0.25, 0.3) is 21.9 Å². The molecular weight excluding hydrogens is 572 g/mol. The minimum atomic E-state index is -1.31. The quantitative estimate of drug-likeness (QED) is 0.231. The molecule has 9 heteroatoms. The van der Waals surface area contributed by atoms with Gasteiger partial charge in [0.05, 0.1) is 27.8 Å². The fourth-order valence-electron chi connectivity index (χ4n) is 4.04. The zero-order chi connectivity index (χ0) is 24.1. The molecule has 0 aliphatic carbocycles. The van der Waals surface area contributed by atoms with Crippen molar-refractivity contribution in [3.8, 4) is 17.2 Å². The average molecular weight is 586 g/mol. The smallest absolute Gasteiger partial charge is 0.344 e. The molecule has 7 nitrogen and oxygen atoms in total. The minimum absolute atomic E-state index is 0.137. The van der Waals surface area contributed by atoms with Crippen molar-refractivity contribution in [1.29, 1.82) is 0 Å². The second kappa shape index (κ2) is 8.34. The molecule has 0 amide bonds. The van der Waals surface area contributed by atoms with Gasteiger partial charge < -0.3 is 24.2 Å². The van der Waals surface area contributed by atoms with Crippen molar-refractivity contribution in [1.82, 2.24) is 0 Å². The summed E-state index contributed by atoms with van der Waals surface area (Å²) >= 11 is 6.66. The molecule has 0 aliphatic heterocycles. The van der Waals surface area contributed by atoms with Crippen LogP contribution in [0.1, 0.15) is 22.6 Å². The average Bonchev–Trinajstić information content (AvgIpc) is 2.79. The van der Waals surface area contributed by atoms with Crippen LogP contribution >= 0.6 is 31.9 Å². The van der Waals surface area contributed by atoms with E-state index in [2.05, 4.69) is 31.9 Å². The highest BCUT2D eigenvalue weighted by Crippen LogP contribution is 2.43. The van der Waals surface area contributed by atoms with Crippen molar-refractivity contribution in [2.24, 2.45) is 0 Å². The Hall–Kier alpha value is -3.56. The molecule has 34 heavy (non-hydrogen) atoms. The monoisotopic (exact) mass is 584 g/mol. The maximum absolute atomic E-state index is 13.1. The lowest BCUT2D eigenvalue weighted by molar-refractivity contribution is 0.440. The molecule has 0 unspecified atom stereocenters. The molecule has 0 atom stereocenters. The van der Waals surface area contributed by atoms with E-state index in [0.717, 1.165) is 0 Å². The lowest BCUT2D eigenvalue weighted by Gasteiger charge is -2.20. The van der Waals surface area contributed by atoms with Gasteiger partial charge in [0.2, 0.25) is 0 Å². The fourth-order valence-corrected chi connectivity index (χ4v) is 4.76. The number of phenols is 1. The van der Waals surface area contributed by atoms with Gasteiger partial charge >= 0.3 is 11.3 Å². The highest BCUT2D eigenvalue weighted by molar-refractivity contribution is 9.10. The van der Waals surface area contributed by atoms with Crippen LogP contribution < -0.4 is 11.3 Å². The van der Waals surface area contributed by atoms with Crippen LogP contribution in [0.5, 0.6) is 17.2 Å². The van der Waals surface area contributed by atoms with Crippen LogP contribution in [-0.4, -0.2) is 15.3 Å². The Morgan fingerprint density at radius 3 is 1.65 bits per heavy atom. The maximum atomic E-state index is 13.1. The van der Waals surface area contributed by atoms with Crippen molar-refractivity contribution in [3.05, 3.63) is 107 Å². The molecule has 0 aliphatic rings. The van der Waals surface area contributed by atoms with E-state index in [1.807, 2.05) is 0 Å². The predicted molar refractivity (Wildman–Crippen MR) is 133 cm³/mol.